The van der Waals surface area contributed by atoms with Crippen molar-refractivity contribution in [3.05, 3.63) is 11.7 Å². The van der Waals surface area contributed by atoms with Gasteiger partial charge in [-0.1, -0.05) is 12.1 Å². The first-order valence-electron chi connectivity index (χ1n) is 6.36. The van der Waals surface area contributed by atoms with Crippen LogP contribution < -0.4 is 5.32 Å². The van der Waals surface area contributed by atoms with Crippen molar-refractivity contribution in [2.75, 3.05) is 13.1 Å². The summed E-state index contributed by atoms with van der Waals surface area (Å²) < 4.78 is 5.47. The molecule has 1 N–H and O–H groups in total. The van der Waals surface area contributed by atoms with E-state index in [4.69, 9.17) is 4.52 Å². The largest absolute Gasteiger partial charge is 0.339 e. The highest BCUT2D eigenvalue weighted by atomic mass is 16.5. The van der Waals surface area contributed by atoms with Crippen LogP contribution in [0.25, 0.3) is 0 Å². The summed E-state index contributed by atoms with van der Waals surface area (Å²) in [7, 11) is 0. The maximum atomic E-state index is 5.47. The third-order valence-corrected chi connectivity index (χ3v) is 4.01. The van der Waals surface area contributed by atoms with Crippen molar-refractivity contribution in [3.8, 4) is 0 Å². The fourth-order valence-corrected chi connectivity index (χ4v) is 2.51. The predicted octanol–water partition coefficient (Wildman–Crippen LogP) is 1.66. The highest BCUT2D eigenvalue weighted by Crippen LogP contribution is 2.35. The van der Waals surface area contributed by atoms with Gasteiger partial charge in [0, 0.05) is 13.0 Å². The van der Waals surface area contributed by atoms with Gasteiger partial charge < -0.3 is 9.84 Å². The smallest absolute Gasteiger partial charge is 0.234 e. The quantitative estimate of drug-likeness (QED) is 0.840. The molecule has 88 valence electrons. The molecule has 1 saturated carbocycles. The third kappa shape index (κ3) is 1.75. The third-order valence-electron chi connectivity index (χ3n) is 4.01. The lowest BCUT2D eigenvalue weighted by molar-refractivity contribution is 0.283. The molecule has 16 heavy (non-hydrogen) atoms. The Kier molecular flexibility index (Phi) is 2.46. The van der Waals surface area contributed by atoms with E-state index in [0.717, 1.165) is 50.0 Å². The summed E-state index contributed by atoms with van der Waals surface area (Å²) in [5.74, 6) is 2.60. The summed E-state index contributed by atoms with van der Waals surface area (Å²) in [5.41, 5.74) is 0.106. The van der Waals surface area contributed by atoms with Gasteiger partial charge in [0.05, 0.1) is 5.41 Å². The fraction of sp³-hybridized carbons (Fsp3) is 0.833. The van der Waals surface area contributed by atoms with Crippen molar-refractivity contribution >= 4 is 0 Å². The molecule has 0 amide bonds. The first-order chi connectivity index (χ1) is 7.82. The van der Waals surface area contributed by atoms with Crippen LogP contribution in [0, 0.1) is 5.92 Å². The van der Waals surface area contributed by atoms with Gasteiger partial charge in [-0.25, -0.2) is 0 Å². The number of aromatic nitrogens is 2. The number of nitrogens with one attached hydrogen (secondary N) is 1. The van der Waals surface area contributed by atoms with E-state index in [9.17, 15) is 0 Å². The van der Waals surface area contributed by atoms with Crippen molar-refractivity contribution in [2.24, 2.45) is 5.92 Å². The van der Waals surface area contributed by atoms with Crippen LogP contribution in [-0.4, -0.2) is 23.2 Å². The normalized spacial score (nSPS) is 29.8. The molecule has 0 radical (unpaired) electrons. The number of nitrogens with zero attached hydrogens (tertiary/aromatic N) is 2. The Morgan fingerprint density at radius 2 is 2.38 bits per heavy atom. The van der Waals surface area contributed by atoms with Crippen LogP contribution >= 0.6 is 0 Å². The summed E-state index contributed by atoms with van der Waals surface area (Å²) in [6, 6.07) is 0. The zero-order chi connectivity index (χ0) is 11.0. The lowest BCUT2D eigenvalue weighted by Gasteiger charge is -2.20. The van der Waals surface area contributed by atoms with Crippen LogP contribution in [0.15, 0.2) is 4.52 Å². The second kappa shape index (κ2) is 3.84. The van der Waals surface area contributed by atoms with E-state index in [2.05, 4.69) is 22.4 Å². The summed E-state index contributed by atoms with van der Waals surface area (Å²) >= 11 is 0. The Hall–Kier alpha value is -0.900. The monoisotopic (exact) mass is 221 g/mol. The van der Waals surface area contributed by atoms with E-state index in [1.807, 2.05) is 0 Å². The Morgan fingerprint density at radius 3 is 3.00 bits per heavy atom. The van der Waals surface area contributed by atoms with Gasteiger partial charge >= 0.3 is 0 Å². The minimum Gasteiger partial charge on any atom is -0.339 e. The van der Waals surface area contributed by atoms with E-state index < -0.39 is 0 Å². The Labute approximate surface area is 95.8 Å². The molecule has 4 nitrogen and oxygen atoms in total. The Bertz CT molecular complexity index is 364. The molecule has 0 bridgehead atoms. The summed E-state index contributed by atoms with van der Waals surface area (Å²) in [6.45, 7) is 4.25. The maximum absolute atomic E-state index is 5.47. The topological polar surface area (TPSA) is 51.0 Å². The number of hydrogen-bond acceptors (Lipinski definition) is 4. The van der Waals surface area contributed by atoms with Crippen molar-refractivity contribution < 1.29 is 4.52 Å². The zero-order valence-corrected chi connectivity index (χ0v) is 9.83. The van der Waals surface area contributed by atoms with Crippen molar-refractivity contribution in [1.82, 2.24) is 15.5 Å². The van der Waals surface area contributed by atoms with Crippen molar-refractivity contribution in [2.45, 2.75) is 44.4 Å². The molecule has 1 atom stereocenters. The summed E-state index contributed by atoms with van der Waals surface area (Å²) in [5, 5.41) is 7.52. The summed E-state index contributed by atoms with van der Waals surface area (Å²) in [4.78, 5) is 4.60. The molecule has 1 aliphatic carbocycles. The van der Waals surface area contributed by atoms with Crippen LogP contribution in [0.5, 0.6) is 0 Å². The molecule has 1 aliphatic heterocycles. The second-order valence-electron chi connectivity index (χ2n) is 5.22. The van der Waals surface area contributed by atoms with E-state index in [-0.39, 0.29) is 5.41 Å². The van der Waals surface area contributed by atoms with Crippen LogP contribution in [0.2, 0.25) is 0 Å². The highest BCUT2D eigenvalue weighted by Gasteiger charge is 2.39. The van der Waals surface area contributed by atoms with E-state index in [0.29, 0.717) is 0 Å². The molecule has 1 unspecified atom stereocenters. The van der Waals surface area contributed by atoms with E-state index in [1.165, 1.54) is 12.8 Å². The Balaban J connectivity index is 1.78. The van der Waals surface area contributed by atoms with E-state index >= 15 is 0 Å². The number of rotatable bonds is 4. The van der Waals surface area contributed by atoms with Crippen LogP contribution in [0.1, 0.15) is 44.3 Å². The molecule has 2 heterocycles. The van der Waals surface area contributed by atoms with Crippen LogP contribution in [-0.2, 0) is 11.8 Å². The lowest BCUT2D eigenvalue weighted by Crippen LogP contribution is -2.28. The fourth-order valence-electron chi connectivity index (χ4n) is 2.51. The Morgan fingerprint density at radius 1 is 1.50 bits per heavy atom. The van der Waals surface area contributed by atoms with Gasteiger partial charge in [0.1, 0.15) is 0 Å². The number of hydrogen-bond donors (Lipinski definition) is 1. The van der Waals surface area contributed by atoms with Gasteiger partial charge in [0.25, 0.3) is 0 Å². The van der Waals surface area contributed by atoms with Gasteiger partial charge in [-0.15, -0.1) is 0 Å². The average Bonchev–Trinajstić information content (AvgIpc) is 2.83. The van der Waals surface area contributed by atoms with E-state index in [1.54, 1.807) is 0 Å². The minimum absolute atomic E-state index is 0.106. The first-order valence-corrected chi connectivity index (χ1v) is 6.36. The molecule has 0 aromatic carbocycles. The molecule has 0 spiro atoms. The van der Waals surface area contributed by atoms with Gasteiger partial charge in [-0.2, -0.15) is 4.98 Å². The van der Waals surface area contributed by atoms with Gasteiger partial charge in [0.15, 0.2) is 5.82 Å². The molecule has 1 aromatic heterocycles. The van der Waals surface area contributed by atoms with Gasteiger partial charge in [-0.05, 0) is 38.1 Å². The highest BCUT2D eigenvalue weighted by molar-refractivity contribution is 5.10. The van der Waals surface area contributed by atoms with Crippen LogP contribution in [0.3, 0.4) is 0 Å². The SMILES string of the molecule is CCC1(c2nc(CC3CC3)no2)CCNC1. The lowest BCUT2D eigenvalue weighted by atomic mass is 9.84. The maximum Gasteiger partial charge on any atom is 0.234 e. The summed E-state index contributed by atoms with van der Waals surface area (Å²) in [6.07, 6.45) is 5.88. The second-order valence-corrected chi connectivity index (χ2v) is 5.22. The molecule has 4 heteroatoms. The zero-order valence-electron chi connectivity index (χ0n) is 9.83. The standard InChI is InChI=1S/C12H19N3O/c1-2-12(5-6-13-8-12)11-14-10(15-16-11)7-9-3-4-9/h9,13H,2-8H2,1H3. The molecule has 3 rings (SSSR count). The average molecular weight is 221 g/mol. The first kappa shape index (κ1) is 10.3. The molecule has 2 aliphatic rings. The predicted molar refractivity (Wildman–Crippen MR) is 60.2 cm³/mol. The molecular weight excluding hydrogens is 202 g/mol. The van der Waals surface area contributed by atoms with Gasteiger partial charge in [0.2, 0.25) is 5.89 Å². The molecule has 1 saturated heterocycles. The molecular formula is C12H19N3O. The molecule has 1 aromatic rings. The van der Waals surface area contributed by atoms with Crippen LogP contribution in [0.4, 0.5) is 0 Å². The van der Waals surface area contributed by atoms with Crippen molar-refractivity contribution in [1.29, 1.82) is 0 Å². The van der Waals surface area contributed by atoms with Crippen molar-refractivity contribution in [3.63, 3.8) is 0 Å². The molecule has 2 fully saturated rings. The minimum atomic E-state index is 0.106. The van der Waals surface area contributed by atoms with Gasteiger partial charge in [-0.3, -0.25) is 0 Å².